The van der Waals surface area contributed by atoms with Crippen molar-refractivity contribution in [2.24, 2.45) is 0 Å². The molecule has 0 spiro atoms. The summed E-state index contributed by atoms with van der Waals surface area (Å²) < 4.78 is 0. The van der Waals surface area contributed by atoms with E-state index in [0.29, 0.717) is 16.7 Å². The van der Waals surface area contributed by atoms with Crippen LogP contribution in [0.25, 0.3) is 10.9 Å². The number of aryl methyl sites for hydroxylation is 1. The number of nitrogens with one attached hydrogen (secondary N) is 1. The van der Waals surface area contributed by atoms with E-state index in [2.05, 4.69) is 9.97 Å². The summed E-state index contributed by atoms with van der Waals surface area (Å²) in [5, 5.41) is 18.2. The Morgan fingerprint density at radius 1 is 1.41 bits per heavy atom. The maximum atomic E-state index is 11.6. The van der Waals surface area contributed by atoms with Crippen LogP contribution in [0, 0.1) is 0 Å². The van der Waals surface area contributed by atoms with Crippen molar-refractivity contribution in [1.29, 1.82) is 0 Å². The minimum absolute atomic E-state index is 0.0137. The molecule has 6 heteroatoms. The Bertz CT molecular complexity index is 633. The van der Waals surface area contributed by atoms with Gasteiger partial charge in [0.1, 0.15) is 11.6 Å². The van der Waals surface area contributed by atoms with Crippen molar-refractivity contribution in [2.45, 2.75) is 12.8 Å². The molecule has 0 fully saturated rings. The smallest absolute Gasteiger partial charge is 0.303 e. The van der Waals surface area contributed by atoms with Gasteiger partial charge in [0.15, 0.2) is 0 Å². The van der Waals surface area contributed by atoms with Gasteiger partial charge in [-0.05, 0) is 12.1 Å². The molecule has 2 aromatic rings. The maximum absolute atomic E-state index is 11.6. The number of carboxylic acid groups (broad SMARTS) is 1. The van der Waals surface area contributed by atoms with Crippen LogP contribution in [-0.2, 0) is 11.2 Å². The average molecular weight is 234 g/mol. The second-order valence-corrected chi connectivity index (χ2v) is 3.61. The van der Waals surface area contributed by atoms with Gasteiger partial charge >= 0.3 is 5.97 Å². The van der Waals surface area contributed by atoms with E-state index in [1.807, 2.05) is 0 Å². The van der Waals surface area contributed by atoms with Gasteiger partial charge in [0.25, 0.3) is 5.56 Å². The van der Waals surface area contributed by atoms with Crippen LogP contribution in [0.5, 0.6) is 5.75 Å². The third-order valence-electron chi connectivity index (χ3n) is 2.31. The van der Waals surface area contributed by atoms with Gasteiger partial charge < -0.3 is 15.2 Å². The SMILES string of the molecule is O=C(O)CCc1nc2cc(O)ccc2c(=O)[nH]1. The molecule has 0 amide bonds. The van der Waals surface area contributed by atoms with Crippen LogP contribution in [0.4, 0.5) is 0 Å². The maximum Gasteiger partial charge on any atom is 0.303 e. The third-order valence-corrected chi connectivity index (χ3v) is 2.31. The third kappa shape index (κ3) is 2.41. The Morgan fingerprint density at radius 3 is 2.88 bits per heavy atom. The van der Waals surface area contributed by atoms with Gasteiger partial charge in [-0.2, -0.15) is 0 Å². The highest BCUT2D eigenvalue weighted by atomic mass is 16.4. The molecule has 0 unspecified atom stereocenters. The lowest BCUT2D eigenvalue weighted by Crippen LogP contribution is -2.12. The minimum Gasteiger partial charge on any atom is -0.508 e. The van der Waals surface area contributed by atoms with E-state index in [9.17, 15) is 14.7 Å². The Morgan fingerprint density at radius 2 is 2.18 bits per heavy atom. The molecule has 6 nitrogen and oxygen atoms in total. The fourth-order valence-corrected chi connectivity index (χ4v) is 1.52. The zero-order chi connectivity index (χ0) is 12.4. The highest BCUT2D eigenvalue weighted by Crippen LogP contribution is 2.15. The molecular weight excluding hydrogens is 224 g/mol. The molecule has 88 valence electrons. The van der Waals surface area contributed by atoms with Crippen LogP contribution in [0.2, 0.25) is 0 Å². The number of H-pyrrole nitrogens is 1. The number of phenols is 1. The van der Waals surface area contributed by atoms with E-state index in [0.717, 1.165) is 0 Å². The molecule has 0 atom stereocenters. The Hall–Kier alpha value is -2.37. The summed E-state index contributed by atoms with van der Waals surface area (Å²) in [6.45, 7) is 0. The number of carbonyl (C=O) groups is 1. The normalized spacial score (nSPS) is 10.6. The second kappa shape index (κ2) is 4.25. The number of fused-ring (bicyclic) bond motifs is 1. The summed E-state index contributed by atoms with van der Waals surface area (Å²) in [4.78, 5) is 28.6. The van der Waals surface area contributed by atoms with Crippen LogP contribution >= 0.6 is 0 Å². The highest BCUT2D eigenvalue weighted by molar-refractivity contribution is 5.78. The highest BCUT2D eigenvalue weighted by Gasteiger charge is 2.06. The molecule has 17 heavy (non-hydrogen) atoms. The first kappa shape index (κ1) is 11.1. The molecule has 0 saturated heterocycles. The van der Waals surface area contributed by atoms with Crippen molar-refractivity contribution in [3.8, 4) is 5.75 Å². The summed E-state index contributed by atoms with van der Waals surface area (Å²) >= 11 is 0. The summed E-state index contributed by atoms with van der Waals surface area (Å²) in [5.41, 5.74) is 0.0181. The first-order chi connectivity index (χ1) is 8.06. The first-order valence-electron chi connectivity index (χ1n) is 5.00. The van der Waals surface area contributed by atoms with Gasteiger partial charge in [0.05, 0.1) is 17.3 Å². The number of aromatic hydroxyl groups is 1. The van der Waals surface area contributed by atoms with Gasteiger partial charge in [-0.1, -0.05) is 0 Å². The molecule has 0 aliphatic carbocycles. The number of hydrogen-bond acceptors (Lipinski definition) is 4. The lowest BCUT2D eigenvalue weighted by atomic mass is 10.2. The number of rotatable bonds is 3. The first-order valence-corrected chi connectivity index (χ1v) is 5.00. The van der Waals surface area contributed by atoms with Crippen molar-refractivity contribution in [2.75, 3.05) is 0 Å². The van der Waals surface area contributed by atoms with E-state index in [-0.39, 0.29) is 24.2 Å². The van der Waals surface area contributed by atoms with Crippen molar-refractivity contribution >= 4 is 16.9 Å². The molecule has 0 aliphatic rings. The van der Waals surface area contributed by atoms with E-state index in [1.165, 1.54) is 18.2 Å². The standard InChI is InChI=1S/C11H10N2O4/c14-6-1-2-7-8(5-6)12-9(13-11(7)17)3-4-10(15)16/h1-2,5,14H,3-4H2,(H,15,16)(H,12,13,17). The molecule has 0 bridgehead atoms. The lowest BCUT2D eigenvalue weighted by Gasteiger charge is -2.01. The van der Waals surface area contributed by atoms with Gasteiger partial charge in [-0.25, -0.2) is 4.98 Å². The van der Waals surface area contributed by atoms with Crippen LogP contribution in [0.1, 0.15) is 12.2 Å². The van der Waals surface area contributed by atoms with Crippen molar-refractivity contribution in [3.63, 3.8) is 0 Å². The minimum atomic E-state index is -0.955. The fourth-order valence-electron chi connectivity index (χ4n) is 1.52. The summed E-state index contributed by atoms with van der Waals surface area (Å²) in [6, 6.07) is 4.24. The molecule has 0 saturated carbocycles. The van der Waals surface area contributed by atoms with E-state index in [1.54, 1.807) is 0 Å². The largest absolute Gasteiger partial charge is 0.508 e. The van der Waals surface area contributed by atoms with Crippen LogP contribution in [-0.4, -0.2) is 26.2 Å². The molecule has 1 aromatic carbocycles. The van der Waals surface area contributed by atoms with Gasteiger partial charge in [0, 0.05) is 12.5 Å². The van der Waals surface area contributed by atoms with Crippen LogP contribution in [0.3, 0.4) is 0 Å². The molecule has 0 aliphatic heterocycles. The Balaban J connectivity index is 2.46. The number of hydrogen-bond donors (Lipinski definition) is 3. The molecule has 1 heterocycles. The number of benzene rings is 1. The van der Waals surface area contributed by atoms with Crippen LogP contribution in [0.15, 0.2) is 23.0 Å². The Kier molecular flexibility index (Phi) is 2.78. The Labute approximate surface area is 95.6 Å². The summed E-state index contributed by atoms with van der Waals surface area (Å²) in [7, 11) is 0. The predicted molar refractivity (Wildman–Crippen MR) is 60.0 cm³/mol. The van der Waals surface area contributed by atoms with Crippen molar-refractivity contribution < 1.29 is 15.0 Å². The van der Waals surface area contributed by atoms with Crippen molar-refractivity contribution in [1.82, 2.24) is 9.97 Å². The number of aliphatic carboxylic acids is 1. The number of nitrogens with zero attached hydrogens (tertiary/aromatic N) is 1. The molecular formula is C11H10N2O4. The van der Waals surface area contributed by atoms with Crippen molar-refractivity contribution in [3.05, 3.63) is 34.4 Å². The van der Waals surface area contributed by atoms with Gasteiger partial charge in [-0.15, -0.1) is 0 Å². The number of carboxylic acids is 1. The summed E-state index contributed by atoms with van der Waals surface area (Å²) in [6.07, 6.45) is 0.0451. The molecule has 1 aromatic heterocycles. The number of aromatic amines is 1. The average Bonchev–Trinajstić information content (AvgIpc) is 2.25. The summed E-state index contributed by atoms with van der Waals surface area (Å²) in [5.74, 6) is -0.640. The van der Waals surface area contributed by atoms with E-state index < -0.39 is 5.97 Å². The predicted octanol–water partition coefficient (Wildman–Crippen LogP) is 0.646. The van der Waals surface area contributed by atoms with Gasteiger partial charge in [0.2, 0.25) is 0 Å². The lowest BCUT2D eigenvalue weighted by molar-refractivity contribution is -0.137. The molecule has 2 rings (SSSR count). The van der Waals surface area contributed by atoms with E-state index >= 15 is 0 Å². The van der Waals surface area contributed by atoms with E-state index in [4.69, 9.17) is 5.11 Å². The quantitative estimate of drug-likeness (QED) is 0.723. The van der Waals surface area contributed by atoms with Crippen LogP contribution < -0.4 is 5.56 Å². The molecule has 3 N–H and O–H groups in total. The zero-order valence-electron chi connectivity index (χ0n) is 8.80. The number of phenolic OH excluding ortho intramolecular Hbond substituents is 1. The molecule has 0 radical (unpaired) electrons. The second-order valence-electron chi connectivity index (χ2n) is 3.61. The van der Waals surface area contributed by atoms with Gasteiger partial charge in [-0.3, -0.25) is 9.59 Å². The zero-order valence-corrected chi connectivity index (χ0v) is 8.80. The fraction of sp³-hybridized carbons (Fsp3) is 0.182. The number of aromatic nitrogens is 2. The topological polar surface area (TPSA) is 103 Å². The monoisotopic (exact) mass is 234 g/mol.